The van der Waals surface area contributed by atoms with Crippen molar-refractivity contribution in [2.75, 3.05) is 4.90 Å². The largest absolute Gasteiger partial charge is 0.388 e. The van der Waals surface area contributed by atoms with Gasteiger partial charge in [0.05, 0.1) is 22.8 Å². The number of aromatic amines is 2. The molecule has 11 heteroatoms. The number of hydrogen-bond donors (Lipinski definition) is 2. The van der Waals surface area contributed by atoms with Gasteiger partial charge in [-0.15, -0.1) is 11.6 Å². The Kier molecular flexibility index (Phi) is 5.54. The molecule has 1 aliphatic rings. The first-order valence-corrected chi connectivity index (χ1v) is 15.0. The third kappa shape index (κ3) is 3.68. The number of nitrogens with zero attached hydrogens (tertiary/aromatic N) is 4. The van der Waals surface area contributed by atoms with Gasteiger partial charge in [-0.2, -0.15) is 0 Å². The Morgan fingerprint density at radius 2 is 1.42 bits per heavy atom. The normalized spacial score (nSPS) is 16.8. The summed E-state index contributed by atoms with van der Waals surface area (Å²) in [5, 5.41) is 11.1. The summed E-state index contributed by atoms with van der Waals surface area (Å²) in [5.41, 5.74) is 5.22. The number of H-pyrrole nitrogens is 2. The number of aromatic nitrogens is 5. The summed E-state index contributed by atoms with van der Waals surface area (Å²) in [6.45, 7) is 0. The van der Waals surface area contributed by atoms with Crippen molar-refractivity contribution >= 4 is 78.7 Å². The summed E-state index contributed by atoms with van der Waals surface area (Å²) in [4.78, 5) is 35.8. The zero-order valence-electron chi connectivity index (χ0n) is 23.2. The molecule has 45 heavy (non-hydrogen) atoms. The molecular weight excluding hydrogens is 611 g/mol. The van der Waals surface area contributed by atoms with Crippen LogP contribution in [0.25, 0.3) is 60.9 Å². The molecule has 9 nitrogen and oxygen atoms in total. The molecule has 2 N–H and O–H groups in total. The lowest BCUT2D eigenvalue weighted by Crippen LogP contribution is -2.56. The zero-order valence-corrected chi connectivity index (χ0v) is 24.7. The number of alkyl halides is 1. The number of nitrogens with one attached hydrogen (secondary N) is 2. The van der Waals surface area contributed by atoms with Crippen molar-refractivity contribution in [3.63, 3.8) is 0 Å². The topological polar surface area (TPSA) is 113 Å². The number of carbonyl (C=O) groups is 1. The standard InChI is InChI=1S/C34H20Cl2N6O3/c35-18-14-15-24-22(16-18)29-28(38-24)19-10-4-5-11-20(19)31(43)41(29)33-39-40-34(45-33)42-30(26(36)32(42)44)25-21-12-6-7-13-23(21)37-27(25)17-8-2-1-3-9-17/h1-16,26,30,37-38H. The molecule has 4 aromatic heterocycles. The molecule has 2 unspecified atom stereocenters. The molecule has 4 aromatic carbocycles. The lowest BCUT2D eigenvalue weighted by Gasteiger charge is -2.41. The summed E-state index contributed by atoms with van der Waals surface area (Å²) in [6.07, 6.45) is 0. The number of carbonyl (C=O) groups excluding carboxylic acids is 1. The number of rotatable bonds is 4. The number of para-hydroxylation sites is 1. The van der Waals surface area contributed by atoms with Gasteiger partial charge in [-0.1, -0.05) is 88.5 Å². The third-order valence-electron chi connectivity index (χ3n) is 8.52. The van der Waals surface area contributed by atoms with Gasteiger partial charge in [0.2, 0.25) is 0 Å². The summed E-state index contributed by atoms with van der Waals surface area (Å²) in [7, 11) is 0. The number of halogens is 2. The first-order chi connectivity index (χ1) is 22.0. The van der Waals surface area contributed by atoms with E-state index in [1.54, 1.807) is 24.3 Å². The maximum Gasteiger partial charge on any atom is 0.331 e. The van der Waals surface area contributed by atoms with Crippen LogP contribution in [0, 0.1) is 0 Å². The van der Waals surface area contributed by atoms with Gasteiger partial charge in [0, 0.05) is 43.2 Å². The van der Waals surface area contributed by atoms with Gasteiger partial charge in [0.25, 0.3) is 11.5 Å². The Labute approximate surface area is 263 Å². The highest BCUT2D eigenvalue weighted by Crippen LogP contribution is 2.47. The van der Waals surface area contributed by atoms with Crippen LogP contribution in [0.2, 0.25) is 5.02 Å². The van der Waals surface area contributed by atoms with E-state index in [0.717, 1.165) is 38.6 Å². The molecule has 1 saturated heterocycles. The van der Waals surface area contributed by atoms with Crippen LogP contribution in [-0.4, -0.2) is 36.0 Å². The van der Waals surface area contributed by atoms with Gasteiger partial charge in [0.15, 0.2) is 0 Å². The smallest absolute Gasteiger partial charge is 0.331 e. The first kappa shape index (κ1) is 26.1. The van der Waals surface area contributed by atoms with Crippen LogP contribution in [-0.2, 0) is 4.79 Å². The minimum absolute atomic E-state index is 0.0627. The fourth-order valence-electron chi connectivity index (χ4n) is 6.51. The highest BCUT2D eigenvalue weighted by atomic mass is 35.5. The van der Waals surface area contributed by atoms with E-state index >= 15 is 0 Å². The lowest BCUT2D eigenvalue weighted by atomic mass is 9.89. The molecule has 2 atom stereocenters. The fourth-order valence-corrected chi connectivity index (χ4v) is 7.03. The van der Waals surface area contributed by atoms with Gasteiger partial charge in [-0.3, -0.25) is 14.5 Å². The molecule has 0 spiro atoms. The Bertz CT molecular complexity index is 2550. The number of anilines is 1. The molecule has 1 amide bonds. The van der Waals surface area contributed by atoms with Crippen LogP contribution in [0.3, 0.4) is 0 Å². The highest BCUT2D eigenvalue weighted by molar-refractivity contribution is 6.37. The van der Waals surface area contributed by atoms with Gasteiger partial charge < -0.3 is 14.4 Å². The summed E-state index contributed by atoms with van der Waals surface area (Å²) in [6, 6.07) is 29.7. The van der Waals surface area contributed by atoms with E-state index in [1.807, 2.05) is 72.8 Å². The summed E-state index contributed by atoms with van der Waals surface area (Å²) >= 11 is 13.1. The van der Waals surface area contributed by atoms with Crippen LogP contribution < -0.4 is 10.5 Å². The van der Waals surface area contributed by atoms with Crippen molar-refractivity contribution in [2.24, 2.45) is 0 Å². The molecule has 0 aliphatic carbocycles. The zero-order chi connectivity index (χ0) is 30.4. The third-order valence-corrected chi connectivity index (χ3v) is 9.18. The van der Waals surface area contributed by atoms with Crippen molar-refractivity contribution < 1.29 is 9.21 Å². The van der Waals surface area contributed by atoms with Crippen LogP contribution in [0.1, 0.15) is 11.6 Å². The molecule has 1 aliphatic heterocycles. The second-order valence-corrected chi connectivity index (χ2v) is 11.9. The van der Waals surface area contributed by atoms with Crippen LogP contribution in [0.15, 0.2) is 106 Å². The average molecular weight is 631 g/mol. The molecule has 5 heterocycles. The summed E-state index contributed by atoms with van der Waals surface area (Å²) in [5.74, 6) is -0.379. The van der Waals surface area contributed by atoms with Gasteiger partial charge in [-0.25, -0.2) is 4.57 Å². The van der Waals surface area contributed by atoms with Crippen molar-refractivity contribution in [1.82, 2.24) is 24.7 Å². The van der Waals surface area contributed by atoms with Gasteiger partial charge >= 0.3 is 12.0 Å². The van der Waals surface area contributed by atoms with Crippen LogP contribution in [0.4, 0.5) is 6.01 Å². The Morgan fingerprint density at radius 3 is 2.24 bits per heavy atom. The number of pyridine rings is 1. The number of benzene rings is 4. The minimum Gasteiger partial charge on any atom is -0.388 e. The molecule has 218 valence electrons. The number of hydrogen-bond acceptors (Lipinski definition) is 5. The first-order valence-electron chi connectivity index (χ1n) is 14.2. The van der Waals surface area contributed by atoms with E-state index in [9.17, 15) is 9.59 Å². The fraction of sp³-hybridized carbons (Fsp3) is 0.0588. The van der Waals surface area contributed by atoms with E-state index in [2.05, 4.69) is 20.2 Å². The van der Waals surface area contributed by atoms with Crippen molar-refractivity contribution in [3.05, 3.63) is 118 Å². The quantitative estimate of drug-likeness (QED) is 0.154. The molecule has 0 radical (unpaired) electrons. The minimum atomic E-state index is -0.868. The molecule has 0 saturated carbocycles. The van der Waals surface area contributed by atoms with E-state index in [4.69, 9.17) is 27.6 Å². The molecule has 0 bridgehead atoms. The van der Waals surface area contributed by atoms with Crippen molar-refractivity contribution in [2.45, 2.75) is 11.4 Å². The van der Waals surface area contributed by atoms with E-state index in [-0.39, 0.29) is 23.5 Å². The van der Waals surface area contributed by atoms with E-state index in [1.165, 1.54) is 9.47 Å². The Morgan fingerprint density at radius 1 is 0.733 bits per heavy atom. The monoisotopic (exact) mass is 630 g/mol. The predicted octanol–water partition coefficient (Wildman–Crippen LogP) is 7.51. The SMILES string of the molecule is O=C1C(Cl)C(c2c(-c3ccccc3)[nH]c3ccccc23)N1c1nnc(-n2c(=O)c3ccccc3c3[nH]c4ccc(Cl)cc4c32)o1. The maximum absolute atomic E-state index is 14.0. The van der Waals surface area contributed by atoms with Crippen LogP contribution >= 0.6 is 23.2 Å². The van der Waals surface area contributed by atoms with E-state index < -0.39 is 11.4 Å². The highest BCUT2D eigenvalue weighted by Gasteiger charge is 2.52. The van der Waals surface area contributed by atoms with Crippen LogP contribution in [0.5, 0.6) is 0 Å². The van der Waals surface area contributed by atoms with Gasteiger partial charge in [0.1, 0.15) is 5.38 Å². The number of β-lactam (4-membered cyclic amide) rings is 1. The summed E-state index contributed by atoms with van der Waals surface area (Å²) < 4.78 is 7.57. The molecule has 8 aromatic rings. The number of amides is 1. The molecule has 9 rings (SSSR count). The van der Waals surface area contributed by atoms with Crippen molar-refractivity contribution in [1.29, 1.82) is 0 Å². The second kappa shape index (κ2) is 9.56. The van der Waals surface area contributed by atoms with Crippen molar-refractivity contribution in [3.8, 4) is 17.3 Å². The Hall–Kier alpha value is -5.38. The number of fused-ring (bicyclic) bond motifs is 6. The lowest BCUT2D eigenvalue weighted by molar-refractivity contribution is -0.124. The molecular formula is C34H20Cl2N6O3. The predicted molar refractivity (Wildman–Crippen MR) is 175 cm³/mol. The average Bonchev–Trinajstić information content (AvgIpc) is 3.80. The second-order valence-electron chi connectivity index (χ2n) is 11.0. The van der Waals surface area contributed by atoms with E-state index in [0.29, 0.717) is 26.8 Å². The Balaban J connectivity index is 1.24. The van der Waals surface area contributed by atoms with Gasteiger partial charge in [-0.05, 0) is 35.9 Å². The molecule has 1 fully saturated rings. The maximum atomic E-state index is 14.0.